The second kappa shape index (κ2) is 24.0. The van der Waals surface area contributed by atoms with Crippen molar-refractivity contribution in [1.82, 2.24) is 0 Å². The van der Waals surface area contributed by atoms with Gasteiger partial charge in [-0.25, -0.2) is 0 Å². The van der Waals surface area contributed by atoms with Crippen molar-refractivity contribution in [2.75, 3.05) is 0 Å². The average Bonchev–Trinajstić information content (AvgIpc) is 0.863. The SMILES string of the molecule is [2H]c1c(C(C)(C)C)c([2H])c(C(C)(C)C)c(C)c1C(C)(C)C.[2H]c1c(C)c([2H])c(C(C)(C)C)c([2H])c1C(C)(C)C.[2H]c1c([2H])c(C(C)(C)C)c(C)c(C(C)(C)C)c1[2H].[2H]c1c([2H])c(C(C)(C)C)c([2H])c([2H])c1C.[2H]c1c([2H])c(C)c([2H])c(C(C)(C)C)c1[2H]. The van der Waals surface area contributed by atoms with E-state index < -0.39 is 0 Å². The minimum atomic E-state index is -0.368. The summed E-state index contributed by atoms with van der Waals surface area (Å²) in [5.41, 5.74) is 9.20. The number of hydrogen-bond donors (Lipinski definition) is 0. The number of benzene rings is 5. The van der Waals surface area contributed by atoms with Gasteiger partial charge in [-0.1, -0.05) is 300 Å². The lowest BCUT2D eigenvalue weighted by Crippen LogP contribution is -2.23. The molecule has 0 fully saturated rings. The summed E-state index contributed by atoms with van der Waals surface area (Å²) in [4.78, 5) is 0. The third kappa shape index (κ3) is 21.6. The minimum absolute atomic E-state index is 0.00185. The van der Waals surface area contributed by atoms with Crippen LogP contribution in [-0.2, 0) is 48.7 Å². The Balaban J connectivity index is 0.000000547. The summed E-state index contributed by atoms with van der Waals surface area (Å²) in [6.07, 6.45) is 0. The van der Waals surface area contributed by atoms with E-state index in [0.717, 1.165) is 50.1 Å². The van der Waals surface area contributed by atoms with Crippen molar-refractivity contribution in [3.05, 3.63) is 175 Å². The van der Waals surface area contributed by atoms with Gasteiger partial charge < -0.3 is 0 Å². The van der Waals surface area contributed by atoms with Crippen LogP contribution >= 0.6 is 0 Å². The van der Waals surface area contributed by atoms with Crippen LogP contribution in [0.3, 0.4) is 0 Å². The van der Waals surface area contributed by atoms with Crippen molar-refractivity contribution in [2.24, 2.45) is 0 Å². The highest BCUT2D eigenvalue weighted by molar-refractivity contribution is 5.47. The Bertz CT molecular complexity index is 2920. The second-order valence-corrected chi connectivity index (χ2v) is 28.8. The standard InChI is InChI=1S/C19H32.2C15H24.2C11H16/c1-13-15(18(5,6)7)11-14(17(2,3)4)12-16(13)19(8,9)10;1-11-8-12(14(2,3)4)10-13(9-11)15(5,6)7;1-11-12(14(2,3)4)9-8-10-13(11)15(5,6)7;1-9-5-7-10(8-6-9)11(2,3)4;1-9-6-5-7-10(8-9)11(2,3)4/h11-12H,1-10H3;2*8-10H,1-7H3;2*5-8H,1-4H3/i11D,12D;2*8D,9D,10D;2*5D,6D,7D,8D. The summed E-state index contributed by atoms with van der Waals surface area (Å²) in [5.74, 6) is 0. The fourth-order valence-electron chi connectivity index (χ4n) is 7.34. The third-order valence-corrected chi connectivity index (χ3v) is 11.5. The highest BCUT2D eigenvalue weighted by atomic mass is 14.3. The van der Waals surface area contributed by atoms with Crippen molar-refractivity contribution >= 4 is 0 Å². The zero-order valence-corrected chi connectivity index (χ0v) is 51.5. The summed E-state index contributed by atoms with van der Waals surface area (Å²) in [7, 11) is 0. The molecule has 5 rings (SSSR count). The van der Waals surface area contributed by atoms with Crippen molar-refractivity contribution in [3.63, 3.8) is 0 Å². The van der Waals surface area contributed by atoms with Gasteiger partial charge in [0.15, 0.2) is 0 Å². The molecule has 0 saturated heterocycles. The van der Waals surface area contributed by atoms with Gasteiger partial charge in [0.25, 0.3) is 0 Å². The molecular formula is C71H112. The van der Waals surface area contributed by atoms with Gasteiger partial charge in [0.1, 0.15) is 0 Å². The van der Waals surface area contributed by atoms with Crippen LogP contribution in [0, 0.1) is 34.6 Å². The molecule has 0 N–H and O–H groups in total. The van der Waals surface area contributed by atoms with Crippen LogP contribution in [0.4, 0.5) is 0 Å². The zero-order valence-electron chi connectivity index (χ0n) is 67.5. The van der Waals surface area contributed by atoms with E-state index in [2.05, 4.69) is 111 Å². The van der Waals surface area contributed by atoms with Crippen LogP contribution in [0.15, 0.2) is 96.7 Å². The van der Waals surface area contributed by atoms with E-state index in [4.69, 9.17) is 21.9 Å². The first-order chi connectivity index (χ1) is 38.2. The summed E-state index contributed by atoms with van der Waals surface area (Å²) in [5, 5.41) is 0. The van der Waals surface area contributed by atoms with Crippen molar-refractivity contribution < 1.29 is 21.9 Å². The first kappa shape index (κ1) is 42.5. The van der Waals surface area contributed by atoms with E-state index in [1.54, 1.807) is 13.8 Å². The molecule has 0 spiro atoms. The van der Waals surface area contributed by atoms with Gasteiger partial charge in [-0.15, -0.1) is 0 Å². The smallest absolute Gasteiger partial charge is 0.0617 e. The molecule has 71 heavy (non-hydrogen) atoms. The highest BCUT2D eigenvalue weighted by Gasteiger charge is 2.28. The molecule has 0 aromatic heterocycles. The molecule has 0 saturated carbocycles. The molecule has 0 heterocycles. The van der Waals surface area contributed by atoms with Gasteiger partial charge in [0.2, 0.25) is 0 Å². The summed E-state index contributed by atoms with van der Waals surface area (Å²) in [6.45, 7) is 64.4. The Morgan fingerprint density at radius 2 is 0.507 bits per heavy atom. The minimum Gasteiger partial charge on any atom is -0.0617 e. The molecule has 396 valence electrons. The molecule has 0 unspecified atom stereocenters. The summed E-state index contributed by atoms with van der Waals surface area (Å²) >= 11 is 0. The lowest BCUT2D eigenvalue weighted by atomic mass is 9.73. The van der Waals surface area contributed by atoms with E-state index >= 15 is 0 Å². The van der Waals surface area contributed by atoms with Crippen LogP contribution in [0.2, 0.25) is 0 Å². The van der Waals surface area contributed by atoms with Gasteiger partial charge >= 0.3 is 0 Å². The molecule has 0 radical (unpaired) electrons. The largest absolute Gasteiger partial charge is 0.0629 e. The molecule has 0 aliphatic heterocycles. The number of rotatable bonds is 0. The first-order valence-electron chi connectivity index (χ1n) is 33.8. The van der Waals surface area contributed by atoms with Crippen LogP contribution in [-0.4, -0.2) is 0 Å². The molecule has 5 aromatic carbocycles. The molecular weight excluding hydrogens is 853 g/mol. The van der Waals surface area contributed by atoms with Crippen molar-refractivity contribution in [1.29, 1.82) is 0 Å². The maximum Gasteiger partial charge on any atom is 0.0629 e. The van der Waals surface area contributed by atoms with Gasteiger partial charge in [-0.05, 0) is 145 Å². The normalized spacial score (nSPS) is 15.9. The molecule has 0 nitrogen and oxygen atoms in total. The van der Waals surface area contributed by atoms with Crippen LogP contribution in [0.25, 0.3) is 0 Å². The lowest BCUT2D eigenvalue weighted by molar-refractivity contribution is 0.542. The van der Waals surface area contributed by atoms with Gasteiger partial charge in [-0.3, -0.25) is 0 Å². The van der Waals surface area contributed by atoms with E-state index in [1.807, 2.05) is 96.9 Å². The Morgan fingerprint density at radius 1 is 0.225 bits per heavy atom. The Kier molecular flexibility index (Phi) is 14.3. The molecule has 0 atom stereocenters. The van der Waals surface area contributed by atoms with Crippen molar-refractivity contribution in [2.45, 2.75) is 270 Å². The molecule has 0 amide bonds. The Hall–Kier alpha value is -3.90. The quantitative estimate of drug-likeness (QED) is 0.145. The maximum atomic E-state index is 8.72. The van der Waals surface area contributed by atoms with Crippen LogP contribution in [0.1, 0.15) is 287 Å². The van der Waals surface area contributed by atoms with Gasteiger partial charge in [0, 0.05) is 0 Å². The molecule has 5 aromatic rings. The summed E-state index contributed by atoms with van der Waals surface area (Å²) in [6, 6.07) is 3.14. The van der Waals surface area contributed by atoms with Crippen LogP contribution in [0.5, 0.6) is 0 Å². The first-order valence-corrected chi connectivity index (χ1v) is 25.8. The topological polar surface area (TPSA) is 0 Å². The molecule has 0 heteroatoms. The van der Waals surface area contributed by atoms with Crippen LogP contribution < -0.4 is 0 Å². The van der Waals surface area contributed by atoms with E-state index in [9.17, 15) is 0 Å². The average molecular weight is 982 g/mol. The summed E-state index contributed by atoms with van der Waals surface area (Å²) < 4.78 is 129. The zero-order chi connectivity index (χ0) is 69.8. The maximum absolute atomic E-state index is 8.72. The van der Waals surface area contributed by atoms with Crippen molar-refractivity contribution in [3.8, 4) is 0 Å². The fraction of sp³-hybridized carbons (Fsp3) is 0.577. The lowest BCUT2D eigenvalue weighted by Gasteiger charge is -2.32. The molecule has 0 aliphatic carbocycles. The molecule has 0 bridgehead atoms. The van der Waals surface area contributed by atoms with E-state index in [1.165, 1.54) is 0 Å². The monoisotopic (exact) mass is 981 g/mol. The van der Waals surface area contributed by atoms with Gasteiger partial charge in [-0.2, -0.15) is 0 Å². The second-order valence-electron chi connectivity index (χ2n) is 28.8. The predicted octanol–water partition coefficient (Wildman–Crippen LogP) is 21.7. The Labute approximate surface area is 465 Å². The fourth-order valence-corrected chi connectivity index (χ4v) is 7.34. The Morgan fingerprint density at radius 3 is 0.817 bits per heavy atom. The van der Waals surface area contributed by atoms with E-state index in [-0.39, 0.29) is 115 Å². The highest BCUT2D eigenvalue weighted by Crippen LogP contribution is 2.38. The van der Waals surface area contributed by atoms with E-state index in [0.29, 0.717) is 58.0 Å². The number of hydrogen-bond acceptors (Lipinski definition) is 0. The third-order valence-electron chi connectivity index (χ3n) is 11.5. The molecule has 0 aliphatic rings. The van der Waals surface area contributed by atoms with Gasteiger partial charge in [0.05, 0.1) is 21.9 Å². The predicted molar refractivity (Wildman–Crippen MR) is 324 cm³/mol.